The molecule has 1 heterocycles. The van der Waals surface area contributed by atoms with E-state index in [0.717, 1.165) is 12.1 Å². The Hall–Kier alpha value is -2.82. The average molecular weight is 450 g/mol. The van der Waals surface area contributed by atoms with Gasteiger partial charge in [-0.15, -0.1) is 0 Å². The maximum absolute atomic E-state index is 14.2. The summed E-state index contributed by atoms with van der Waals surface area (Å²) < 4.78 is 51.6. The third kappa shape index (κ3) is 4.92. The smallest absolute Gasteiger partial charge is 0.337 e. The van der Waals surface area contributed by atoms with Crippen molar-refractivity contribution in [3.63, 3.8) is 0 Å². The molecule has 2 aromatic carbocycles. The Kier molecular flexibility index (Phi) is 7.04. The zero-order chi connectivity index (χ0) is 22.6. The number of halogens is 1. The zero-order valence-electron chi connectivity index (χ0n) is 17.2. The normalized spacial score (nSPS) is 14.8. The molecular formula is C21H23FN2O6S. The largest absolute Gasteiger partial charge is 0.465 e. The molecule has 8 nitrogen and oxygen atoms in total. The molecule has 1 aliphatic rings. The highest BCUT2D eigenvalue weighted by atomic mass is 32.2. The van der Waals surface area contributed by atoms with E-state index < -0.39 is 27.7 Å². The summed E-state index contributed by atoms with van der Waals surface area (Å²) >= 11 is 0. The van der Waals surface area contributed by atoms with Gasteiger partial charge in [-0.05, 0) is 42.3 Å². The Morgan fingerprint density at radius 2 is 1.81 bits per heavy atom. The molecule has 2 aromatic rings. The van der Waals surface area contributed by atoms with Crippen molar-refractivity contribution in [2.45, 2.75) is 18.2 Å². The molecule has 0 radical (unpaired) electrons. The number of carbonyl (C=O) groups is 2. The Bertz CT molecular complexity index is 1100. The first-order valence-electron chi connectivity index (χ1n) is 9.68. The number of ether oxygens (including phenoxy) is 2. The fraction of sp³-hybridized carbons (Fsp3) is 0.333. The van der Waals surface area contributed by atoms with Crippen LogP contribution in [-0.4, -0.2) is 58.0 Å². The predicted molar refractivity (Wildman–Crippen MR) is 111 cm³/mol. The van der Waals surface area contributed by atoms with Crippen molar-refractivity contribution >= 4 is 27.6 Å². The molecule has 0 saturated carbocycles. The van der Waals surface area contributed by atoms with Crippen LogP contribution >= 0.6 is 0 Å². The van der Waals surface area contributed by atoms with Crippen molar-refractivity contribution in [2.75, 3.05) is 38.7 Å². The lowest BCUT2D eigenvalue weighted by Gasteiger charge is -2.27. The number of benzene rings is 2. The molecule has 1 fully saturated rings. The molecule has 0 aliphatic carbocycles. The molecule has 1 N–H and O–H groups in total. The van der Waals surface area contributed by atoms with Crippen molar-refractivity contribution < 1.29 is 31.9 Å². The lowest BCUT2D eigenvalue weighted by molar-refractivity contribution is 0.0600. The van der Waals surface area contributed by atoms with E-state index in [1.54, 1.807) is 6.07 Å². The molecule has 0 unspecified atom stereocenters. The van der Waals surface area contributed by atoms with Gasteiger partial charge in [0.05, 0.1) is 36.5 Å². The number of carbonyl (C=O) groups excluding carboxylic acids is 2. The Morgan fingerprint density at radius 1 is 1.13 bits per heavy atom. The Labute approximate surface area is 180 Å². The van der Waals surface area contributed by atoms with Crippen LogP contribution in [0.5, 0.6) is 0 Å². The number of esters is 1. The van der Waals surface area contributed by atoms with E-state index in [2.05, 4.69) is 10.1 Å². The zero-order valence-corrected chi connectivity index (χ0v) is 18.0. The maximum Gasteiger partial charge on any atom is 0.337 e. The summed E-state index contributed by atoms with van der Waals surface area (Å²) in [6, 6.07) is 7.78. The minimum atomic E-state index is -3.83. The number of morpholine rings is 1. The monoisotopic (exact) mass is 450 g/mol. The molecule has 31 heavy (non-hydrogen) atoms. The van der Waals surface area contributed by atoms with Crippen molar-refractivity contribution in [3.8, 4) is 0 Å². The average Bonchev–Trinajstić information content (AvgIpc) is 2.80. The Balaban J connectivity index is 1.93. The van der Waals surface area contributed by atoms with Crippen LogP contribution in [-0.2, 0) is 25.9 Å². The molecule has 0 bridgehead atoms. The summed E-state index contributed by atoms with van der Waals surface area (Å²) in [6.07, 6.45) is 0.455. The van der Waals surface area contributed by atoms with Gasteiger partial charge >= 0.3 is 5.97 Å². The first-order chi connectivity index (χ1) is 14.8. The molecule has 0 spiro atoms. The molecule has 1 saturated heterocycles. The Morgan fingerprint density at radius 3 is 2.45 bits per heavy atom. The highest BCUT2D eigenvalue weighted by molar-refractivity contribution is 7.89. The molecule has 3 rings (SSSR count). The number of nitrogens with one attached hydrogen (secondary N) is 1. The summed E-state index contributed by atoms with van der Waals surface area (Å²) in [7, 11) is -2.63. The molecular weight excluding hydrogens is 427 g/mol. The molecule has 0 atom stereocenters. The third-order valence-corrected chi connectivity index (χ3v) is 6.91. The lowest BCUT2D eigenvalue weighted by Crippen LogP contribution is -2.41. The quantitative estimate of drug-likeness (QED) is 0.679. The van der Waals surface area contributed by atoms with Crippen LogP contribution in [0.1, 0.15) is 33.2 Å². The highest BCUT2D eigenvalue weighted by Crippen LogP contribution is 2.25. The van der Waals surface area contributed by atoms with Crippen LogP contribution in [0, 0.1) is 5.82 Å². The van der Waals surface area contributed by atoms with E-state index in [0.29, 0.717) is 25.2 Å². The summed E-state index contributed by atoms with van der Waals surface area (Å²) in [5.41, 5.74) is 0.468. The van der Waals surface area contributed by atoms with Gasteiger partial charge in [-0.1, -0.05) is 13.0 Å². The predicted octanol–water partition coefficient (Wildman–Crippen LogP) is 2.45. The van der Waals surface area contributed by atoms with Gasteiger partial charge in [0, 0.05) is 18.7 Å². The second kappa shape index (κ2) is 9.54. The van der Waals surface area contributed by atoms with Crippen LogP contribution < -0.4 is 5.32 Å². The number of methoxy groups -OCH3 is 1. The number of rotatable bonds is 6. The minimum Gasteiger partial charge on any atom is -0.465 e. The second-order valence-corrected chi connectivity index (χ2v) is 8.74. The van der Waals surface area contributed by atoms with Crippen molar-refractivity contribution in [1.82, 2.24) is 4.31 Å². The maximum atomic E-state index is 14.2. The summed E-state index contributed by atoms with van der Waals surface area (Å²) in [5, 5.41) is 2.39. The second-order valence-electron chi connectivity index (χ2n) is 6.83. The van der Waals surface area contributed by atoms with Crippen LogP contribution in [0.4, 0.5) is 10.1 Å². The molecule has 0 aromatic heterocycles. The van der Waals surface area contributed by atoms with Gasteiger partial charge in [-0.2, -0.15) is 4.31 Å². The van der Waals surface area contributed by atoms with E-state index >= 15 is 0 Å². The summed E-state index contributed by atoms with van der Waals surface area (Å²) in [4.78, 5) is 24.5. The van der Waals surface area contributed by atoms with Gasteiger partial charge in [0.25, 0.3) is 5.91 Å². The number of anilines is 1. The van der Waals surface area contributed by atoms with E-state index in [-0.39, 0.29) is 34.8 Å². The number of nitrogens with zero attached hydrogens (tertiary/aromatic N) is 1. The molecule has 1 aliphatic heterocycles. The third-order valence-electron chi connectivity index (χ3n) is 4.93. The van der Waals surface area contributed by atoms with Gasteiger partial charge in [0.15, 0.2) is 0 Å². The van der Waals surface area contributed by atoms with Crippen molar-refractivity contribution in [3.05, 3.63) is 58.9 Å². The van der Waals surface area contributed by atoms with E-state index in [4.69, 9.17) is 4.74 Å². The fourth-order valence-electron chi connectivity index (χ4n) is 3.21. The van der Waals surface area contributed by atoms with Crippen molar-refractivity contribution in [2.24, 2.45) is 0 Å². The molecule has 1 amide bonds. The van der Waals surface area contributed by atoms with E-state index in [1.165, 1.54) is 29.6 Å². The van der Waals surface area contributed by atoms with E-state index in [9.17, 15) is 22.4 Å². The SMILES string of the molecule is CCc1ccc(C(=O)Nc2cc(C(=O)OC)ccc2F)cc1S(=O)(=O)N1CCOCC1. The minimum absolute atomic E-state index is 0.0355. The molecule has 10 heteroatoms. The lowest BCUT2D eigenvalue weighted by atomic mass is 10.1. The fourth-order valence-corrected chi connectivity index (χ4v) is 4.94. The van der Waals surface area contributed by atoms with Crippen LogP contribution in [0.25, 0.3) is 0 Å². The number of hydrogen-bond donors (Lipinski definition) is 1. The molecule has 166 valence electrons. The standard InChI is InChI=1S/C21H23FN2O6S/c1-3-14-4-5-15(13-19(14)31(27,28)24-8-10-30-11-9-24)20(25)23-18-12-16(21(26)29-2)6-7-17(18)22/h4-7,12-13H,3,8-11H2,1-2H3,(H,23,25). The topological polar surface area (TPSA) is 102 Å². The number of hydrogen-bond acceptors (Lipinski definition) is 6. The van der Waals surface area contributed by atoms with Gasteiger partial charge in [0.2, 0.25) is 10.0 Å². The number of amides is 1. The highest BCUT2D eigenvalue weighted by Gasteiger charge is 2.29. The number of sulfonamides is 1. The number of aryl methyl sites for hydroxylation is 1. The van der Waals surface area contributed by atoms with Crippen LogP contribution in [0.15, 0.2) is 41.3 Å². The van der Waals surface area contributed by atoms with Gasteiger partial charge in [-0.25, -0.2) is 17.6 Å². The van der Waals surface area contributed by atoms with Gasteiger partial charge in [0.1, 0.15) is 5.82 Å². The van der Waals surface area contributed by atoms with E-state index in [1.807, 2.05) is 6.92 Å². The van der Waals surface area contributed by atoms with Gasteiger partial charge < -0.3 is 14.8 Å². The first-order valence-corrected chi connectivity index (χ1v) is 11.1. The van der Waals surface area contributed by atoms with Crippen molar-refractivity contribution in [1.29, 1.82) is 0 Å². The summed E-state index contributed by atoms with van der Waals surface area (Å²) in [5.74, 6) is -2.13. The van der Waals surface area contributed by atoms with Crippen LogP contribution in [0.2, 0.25) is 0 Å². The van der Waals surface area contributed by atoms with Crippen LogP contribution in [0.3, 0.4) is 0 Å². The summed E-state index contributed by atoms with van der Waals surface area (Å²) in [6.45, 7) is 2.88. The van der Waals surface area contributed by atoms with Gasteiger partial charge in [-0.3, -0.25) is 4.79 Å². The first kappa shape index (κ1) is 22.9.